The molecule has 0 amide bonds. The summed E-state index contributed by atoms with van der Waals surface area (Å²) >= 11 is 0. The quantitative estimate of drug-likeness (QED) is 0.907. The molecule has 1 aliphatic heterocycles. The van der Waals surface area contributed by atoms with Crippen LogP contribution in [0.2, 0.25) is 0 Å². The Morgan fingerprint density at radius 2 is 1.90 bits per heavy atom. The summed E-state index contributed by atoms with van der Waals surface area (Å²) in [7, 11) is -2.99. The molecule has 1 atom stereocenters. The van der Waals surface area contributed by atoms with Gasteiger partial charge in [0, 0.05) is 12.6 Å². The Bertz CT molecular complexity index is 556. The summed E-state index contributed by atoms with van der Waals surface area (Å²) < 4.78 is 23.3. The zero-order valence-electron chi connectivity index (χ0n) is 11.2. The van der Waals surface area contributed by atoms with Gasteiger partial charge >= 0.3 is 5.97 Å². The van der Waals surface area contributed by atoms with Crippen molar-refractivity contribution in [2.24, 2.45) is 0 Å². The molecule has 1 N–H and O–H groups in total. The summed E-state index contributed by atoms with van der Waals surface area (Å²) in [6.45, 7) is 1.02. The number of hydrogen-bond donors (Lipinski definition) is 1. The highest BCUT2D eigenvalue weighted by molar-refractivity contribution is 7.91. The van der Waals surface area contributed by atoms with Gasteiger partial charge < -0.3 is 5.11 Å². The van der Waals surface area contributed by atoms with Gasteiger partial charge in [0.1, 0.15) is 0 Å². The van der Waals surface area contributed by atoms with Gasteiger partial charge in [-0.3, -0.25) is 9.69 Å². The van der Waals surface area contributed by atoms with E-state index in [1.807, 2.05) is 35.2 Å². The molecule has 1 heterocycles. The summed E-state index contributed by atoms with van der Waals surface area (Å²) in [6.07, 6.45) is 0.551. The molecule has 2 rings (SSSR count). The molecule has 1 aromatic rings. The summed E-state index contributed by atoms with van der Waals surface area (Å²) in [5.41, 5.74) is 0.925. The van der Waals surface area contributed by atoms with Crippen LogP contribution in [-0.4, -0.2) is 49.0 Å². The van der Waals surface area contributed by atoms with E-state index in [4.69, 9.17) is 5.11 Å². The summed E-state index contributed by atoms with van der Waals surface area (Å²) in [4.78, 5) is 13.1. The lowest BCUT2D eigenvalue weighted by Gasteiger charge is -2.29. The minimum atomic E-state index is -2.99. The van der Waals surface area contributed by atoms with Crippen molar-refractivity contribution in [1.82, 2.24) is 4.90 Å². The van der Waals surface area contributed by atoms with Crippen LogP contribution in [-0.2, 0) is 14.6 Å². The van der Waals surface area contributed by atoms with Crippen molar-refractivity contribution in [2.45, 2.75) is 18.9 Å². The highest BCUT2D eigenvalue weighted by Gasteiger charge is 2.27. The molecule has 20 heavy (non-hydrogen) atoms. The van der Waals surface area contributed by atoms with Gasteiger partial charge in [-0.15, -0.1) is 0 Å². The average molecular weight is 297 g/mol. The second-order valence-electron chi connectivity index (χ2n) is 5.07. The van der Waals surface area contributed by atoms with Crippen molar-refractivity contribution in [3.8, 4) is 0 Å². The SMILES string of the molecule is O=C(O)CC(c1ccccc1)N1CCCS(=O)(=O)CC1. The normalized spacial score (nSPS) is 21.0. The largest absolute Gasteiger partial charge is 0.481 e. The van der Waals surface area contributed by atoms with Crippen LogP contribution in [0.1, 0.15) is 24.4 Å². The van der Waals surface area contributed by atoms with Crippen molar-refractivity contribution in [3.05, 3.63) is 35.9 Å². The van der Waals surface area contributed by atoms with Crippen molar-refractivity contribution in [3.63, 3.8) is 0 Å². The fourth-order valence-electron chi connectivity index (χ4n) is 2.57. The van der Waals surface area contributed by atoms with Gasteiger partial charge in [0.15, 0.2) is 9.84 Å². The Morgan fingerprint density at radius 1 is 1.20 bits per heavy atom. The van der Waals surface area contributed by atoms with Crippen molar-refractivity contribution in [1.29, 1.82) is 0 Å². The van der Waals surface area contributed by atoms with E-state index in [9.17, 15) is 13.2 Å². The van der Waals surface area contributed by atoms with Crippen LogP contribution in [0.25, 0.3) is 0 Å². The lowest BCUT2D eigenvalue weighted by atomic mass is 10.0. The van der Waals surface area contributed by atoms with Crippen LogP contribution in [0.15, 0.2) is 30.3 Å². The maximum Gasteiger partial charge on any atom is 0.305 e. The van der Waals surface area contributed by atoms with Crippen LogP contribution in [0.5, 0.6) is 0 Å². The molecule has 0 bridgehead atoms. The van der Waals surface area contributed by atoms with E-state index < -0.39 is 15.8 Å². The Balaban J connectivity index is 2.20. The number of carbonyl (C=O) groups is 1. The Morgan fingerprint density at radius 3 is 2.55 bits per heavy atom. The fourth-order valence-corrected chi connectivity index (χ4v) is 3.85. The van der Waals surface area contributed by atoms with Crippen LogP contribution in [0, 0.1) is 0 Å². The van der Waals surface area contributed by atoms with Gasteiger partial charge in [0.2, 0.25) is 0 Å². The van der Waals surface area contributed by atoms with E-state index in [1.165, 1.54) is 0 Å². The molecular weight excluding hydrogens is 278 g/mol. The first-order valence-electron chi connectivity index (χ1n) is 6.69. The predicted octanol–water partition coefficient (Wildman–Crippen LogP) is 1.32. The number of aliphatic carboxylic acids is 1. The second kappa shape index (κ2) is 6.37. The lowest BCUT2D eigenvalue weighted by molar-refractivity contribution is -0.138. The third-order valence-electron chi connectivity index (χ3n) is 3.58. The molecule has 1 aliphatic rings. The molecule has 5 nitrogen and oxygen atoms in total. The number of rotatable bonds is 4. The molecule has 0 saturated carbocycles. The van der Waals surface area contributed by atoms with E-state index >= 15 is 0 Å². The summed E-state index contributed by atoms with van der Waals surface area (Å²) in [5, 5.41) is 9.10. The monoisotopic (exact) mass is 297 g/mol. The minimum absolute atomic E-state index is 0.00986. The molecule has 0 aromatic heterocycles. The van der Waals surface area contributed by atoms with Crippen molar-refractivity contribution in [2.75, 3.05) is 24.6 Å². The highest BCUT2D eigenvalue weighted by atomic mass is 32.2. The van der Waals surface area contributed by atoms with E-state index in [0.717, 1.165) is 5.56 Å². The number of carboxylic acids is 1. The lowest BCUT2D eigenvalue weighted by Crippen LogP contribution is -2.33. The first-order valence-corrected chi connectivity index (χ1v) is 8.51. The van der Waals surface area contributed by atoms with Crippen LogP contribution in [0.3, 0.4) is 0 Å². The molecular formula is C14H19NO4S. The zero-order valence-corrected chi connectivity index (χ0v) is 12.1. The van der Waals surface area contributed by atoms with Gasteiger partial charge in [0.05, 0.1) is 17.9 Å². The molecule has 1 unspecified atom stereocenters. The predicted molar refractivity (Wildman–Crippen MR) is 76.3 cm³/mol. The van der Waals surface area contributed by atoms with Crippen LogP contribution in [0.4, 0.5) is 0 Å². The van der Waals surface area contributed by atoms with E-state index in [2.05, 4.69) is 0 Å². The molecule has 0 aliphatic carbocycles. The van der Waals surface area contributed by atoms with Crippen molar-refractivity contribution < 1.29 is 18.3 Å². The summed E-state index contributed by atoms with van der Waals surface area (Å²) in [6, 6.07) is 9.16. The maximum absolute atomic E-state index is 11.7. The first kappa shape index (κ1) is 15.0. The Kier molecular flexibility index (Phi) is 4.77. The molecule has 1 aromatic carbocycles. The second-order valence-corrected chi connectivity index (χ2v) is 7.37. The van der Waals surface area contributed by atoms with Crippen LogP contribution >= 0.6 is 0 Å². The van der Waals surface area contributed by atoms with Crippen molar-refractivity contribution >= 4 is 15.8 Å². The zero-order chi connectivity index (χ0) is 14.6. The van der Waals surface area contributed by atoms with E-state index in [0.29, 0.717) is 19.5 Å². The number of sulfone groups is 1. The third-order valence-corrected chi connectivity index (χ3v) is 5.30. The van der Waals surface area contributed by atoms with Gasteiger partial charge in [-0.2, -0.15) is 0 Å². The topological polar surface area (TPSA) is 74.7 Å². The molecule has 0 radical (unpaired) electrons. The van der Waals surface area contributed by atoms with Gasteiger partial charge in [-0.05, 0) is 18.5 Å². The molecule has 0 spiro atoms. The highest BCUT2D eigenvalue weighted by Crippen LogP contribution is 2.25. The van der Waals surface area contributed by atoms with Gasteiger partial charge in [-0.25, -0.2) is 8.42 Å². The van der Waals surface area contributed by atoms with Gasteiger partial charge in [-0.1, -0.05) is 30.3 Å². The number of hydrogen-bond acceptors (Lipinski definition) is 4. The molecule has 1 fully saturated rings. The Hall–Kier alpha value is -1.40. The van der Waals surface area contributed by atoms with E-state index in [-0.39, 0.29) is 24.0 Å². The Labute approximate surface area is 119 Å². The number of nitrogens with zero attached hydrogens (tertiary/aromatic N) is 1. The number of carboxylic acid groups (broad SMARTS) is 1. The number of benzene rings is 1. The minimum Gasteiger partial charge on any atom is -0.481 e. The van der Waals surface area contributed by atoms with E-state index in [1.54, 1.807) is 0 Å². The van der Waals surface area contributed by atoms with Gasteiger partial charge in [0.25, 0.3) is 0 Å². The smallest absolute Gasteiger partial charge is 0.305 e. The standard InChI is InChI=1S/C14H19NO4S/c16-14(17)11-13(12-5-2-1-3-6-12)15-7-4-9-20(18,19)10-8-15/h1-3,5-6,13H,4,7-11H2,(H,16,17). The fraction of sp³-hybridized carbons (Fsp3) is 0.500. The molecule has 6 heteroatoms. The summed E-state index contributed by atoms with van der Waals surface area (Å²) in [5.74, 6) is -0.570. The van der Waals surface area contributed by atoms with Crippen LogP contribution < -0.4 is 0 Å². The maximum atomic E-state index is 11.7. The average Bonchev–Trinajstić information content (AvgIpc) is 2.58. The third kappa shape index (κ3) is 4.05. The molecule has 1 saturated heterocycles. The molecule has 110 valence electrons. The first-order chi connectivity index (χ1) is 9.48.